The summed E-state index contributed by atoms with van der Waals surface area (Å²) in [6.07, 6.45) is 3.18. The monoisotopic (exact) mass is 445 g/mol. The van der Waals surface area contributed by atoms with E-state index in [1.807, 2.05) is 6.07 Å². The van der Waals surface area contributed by atoms with Crippen LogP contribution in [0.2, 0.25) is 0 Å². The maximum Gasteiger partial charge on any atom is 0.328 e. The number of aromatic nitrogens is 6. The first-order chi connectivity index (χ1) is 16.2. The molecule has 11 heteroatoms. The third-order valence-corrected chi connectivity index (χ3v) is 6.40. The average molecular weight is 445 g/mol. The quantitative estimate of drug-likeness (QED) is 0.479. The molecule has 2 N–H and O–H groups in total. The van der Waals surface area contributed by atoms with Crippen molar-refractivity contribution in [2.75, 3.05) is 44.3 Å². The Balaban J connectivity index is 1.59. The van der Waals surface area contributed by atoms with E-state index in [0.717, 1.165) is 50.1 Å². The zero-order valence-electron chi connectivity index (χ0n) is 18.0. The van der Waals surface area contributed by atoms with Gasteiger partial charge in [-0.2, -0.15) is 15.2 Å². The van der Waals surface area contributed by atoms with Crippen molar-refractivity contribution in [1.29, 1.82) is 5.26 Å². The summed E-state index contributed by atoms with van der Waals surface area (Å²) in [7, 11) is 0. The van der Waals surface area contributed by atoms with E-state index in [2.05, 4.69) is 26.3 Å². The van der Waals surface area contributed by atoms with Crippen LogP contribution in [0, 0.1) is 11.3 Å². The average Bonchev–Trinajstić information content (AvgIpc) is 3.44. The maximum atomic E-state index is 13.1. The fourth-order valence-electron chi connectivity index (χ4n) is 4.71. The Morgan fingerprint density at radius 2 is 1.97 bits per heavy atom. The molecule has 2 saturated heterocycles. The summed E-state index contributed by atoms with van der Waals surface area (Å²) in [5.41, 5.74) is 3.09. The van der Waals surface area contributed by atoms with Gasteiger partial charge in [-0.1, -0.05) is 0 Å². The summed E-state index contributed by atoms with van der Waals surface area (Å²) < 4.78 is 9.05. The smallest absolute Gasteiger partial charge is 0.328 e. The molecule has 5 heterocycles. The lowest BCUT2D eigenvalue weighted by atomic mass is 10.1. The summed E-state index contributed by atoms with van der Waals surface area (Å²) in [6.45, 7) is 4.47. The number of rotatable bonds is 3. The highest BCUT2D eigenvalue weighted by molar-refractivity contribution is 5.85. The third-order valence-electron chi connectivity index (χ3n) is 6.40. The molecule has 0 radical (unpaired) electrons. The molecule has 2 aliphatic heterocycles. The molecule has 3 aromatic heterocycles. The number of hydrogen-bond acceptors (Lipinski definition) is 8. The van der Waals surface area contributed by atoms with Crippen molar-refractivity contribution < 1.29 is 4.74 Å². The number of aromatic amines is 1. The molecule has 33 heavy (non-hydrogen) atoms. The van der Waals surface area contributed by atoms with Gasteiger partial charge in [0.25, 0.3) is 0 Å². The van der Waals surface area contributed by atoms with Gasteiger partial charge in [-0.05, 0) is 31.0 Å². The Kier molecular flexibility index (Phi) is 4.82. The zero-order chi connectivity index (χ0) is 22.4. The minimum atomic E-state index is -0.179. The number of imidazole rings is 2. The van der Waals surface area contributed by atoms with E-state index in [1.165, 1.54) is 0 Å². The van der Waals surface area contributed by atoms with Gasteiger partial charge >= 0.3 is 5.69 Å². The minimum absolute atomic E-state index is 0.0170. The van der Waals surface area contributed by atoms with Crippen molar-refractivity contribution in [3.05, 3.63) is 40.6 Å². The summed E-state index contributed by atoms with van der Waals surface area (Å²) >= 11 is 0. The van der Waals surface area contributed by atoms with Crippen LogP contribution in [0.1, 0.15) is 24.4 Å². The van der Waals surface area contributed by atoms with Gasteiger partial charge in [0.05, 0.1) is 22.7 Å². The summed E-state index contributed by atoms with van der Waals surface area (Å²) in [6, 6.07) is 7.53. The SMILES string of the molecule is N#Cc1ccc2ncn(-c3nc(N4CCNCC4)c4[nH]c(=O)n(C5CCOCC5)c4n3)c2c1. The van der Waals surface area contributed by atoms with Gasteiger partial charge in [0.1, 0.15) is 11.8 Å². The Hall–Kier alpha value is -3.75. The molecule has 0 unspecified atom stereocenters. The van der Waals surface area contributed by atoms with Crippen LogP contribution in [0.25, 0.3) is 28.1 Å². The predicted molar refractivity (Wildman–Crippen MR) is 122 cm³/mol. The van der Waals surface area contributed by atoms with E-state index in [4.69, 9.17) is 14.7 Å². The number of nitrogens with zero attached hydrogens (tertiary/aromatic N) is 7. The van der Waals surface area contributed by atoms with Crippen LogP contribution >= 0.6 is 0 Å². The van der Waals surface area contributed by atoms with Gasteiger partial charge < -0.3 is 19.9 Å². The van der Waals surface area contributed by atoms with E-state index in [0.29, 0.717) is 41.7 Å². The molecule has 11 nitrogen and oxygen atoms in total. The van der Waals surface area contributed by atoms with Crippen molar-refractivity contribution in [3.8, 4) is 12.0 Å². The first-order valence-corrected chi connectivity index (χ1v) is 11.2. The number of nitrogens with one attached hydrogen (secondary N) is 2. The second kappa shape index (κ2) is 7.99. The van der Waals surface area contributed by atoms with Crippen molar-refractivity contribution in [3.63, 3.8) is 0 Å². The largest absolute Gasteiger partial charge is 0.381 e. The van der Waals surface area contributed by atoms with Crippen molar-refractivity contribution in [1.82, 2.24) is 34.4 Å². The van der Waals surface area contributed by atoms with Crippen LogP contribution in [0.5, 0.6) is 0 Å². The number of piperazine rings is 1. The molecule has 6 rings (SSSR count). The summed E-state index contributed by atoms with van der Waals surface area (Å²) in [4.78, 5) is 32.5. The van der Waals surface area contributed by atoms with E-state index in [-0.39, 0.29) is 11.7 Å². The van der Waals surface area contributed by atoms with Gasteiger partial charge in [-0.15, -0.1) is 0 Å². The second-order valence-electron chi connectivity index (χ2n) is 8.36. The van der Waals surface area contributed by atoms with Crippen molar-refractivity contribution >= 4 is 28.0 Å². The fraction of sp³-hybridized carbons (Fsp3) is 0.409. The maximum absolute atomic E-state index is 13.1. The summed E-state index contributed by atoms with van der Waals surface area (Å²) in [5.74, 6) is 1.13. The normalized spacial score (nSPS) is 17.6. The Bertz CT molecular complexity index is 1430. The van der Waals surface area contributed by atoms with Crippen LogP contribution in [0.3, 0.4) is 0 Å². The van der Waals surface area contributed by atoms with Crippen LogP contribution in [-0.2, 0) is 4.74 Å². The van der Waals surface area contributed by atoms with Crippen molar-refractivity contribution in [2.45, 2.75) is 18.9 Å². The highest BCUT2D eigenvalue weighted by atomic mass is 16.5. The van der Waals surface area contributed by atoms with Crippen LogP contribution in [-0.4, -0.2) is 68.5 Å². The van der Waals surface area contributed by atoms with Gasteiger partial charge in [0, 0.05) is 45.4 Å². The highest BCUT2D eigenvalue weighted by Gasteiger charge is 2.26. The molecule has 0 atom stereocenters. The predicted octanol–water partition coefficient (Wildman–Crippen LogP) is 1.09. The standard InChI is InChI=1S/C22H23N9O2/c23-12-14-1-2-16-17(11-14)30(13-25-16)21-27-19(29-7-5-24-6-8-29)18-20(28-21)31(22(32)26-18)15-3-9-33-10-4-15/h1-2,11,13,15,24H,3-10H2,(H,26,32). The number of benzene rings is 1. The van der Waals surface area contributed by atoms with Crippen LogP contribution in [0.4, 0.5) is 5.82 Å². The molecule has 0 bridgehead atoms. The molecule has 2 fully saturated rings. The molecular weight excluding hydrogens is 422 g/mol. The number of H-pyrrole nitrogens is 1. The van der Waals surface area contributed by atoms with Gasteiger partial charge in [0.15, 0.2) is 11.5 Å². The number of nitriles is 1. The van der Waals surface area contributed by atoms with Gasteiger partial charge in [0.2, 0.25) is 5.95 Å². The Morgan fingerprint density at radius 3 is 2.76 bits per heavy atom. The van der Waals surface area contributed by atoms with E-state index in [9.17, 15) is 10.1 Å². The molecule has 0 amide bonds. The molecular formula is C22H23N9O2. The minimum Gasteiger partial charge on any atom is -0.381 e. The molecule has 0 saturated carbocycles. The second-order valence-corrected chi connectivity index (χ2v) is 8.36. The first-order valence-electron chi connectivity index (χ1n) is 11.2. The first kappa shape index (κ1) is 19.9. The van der Waals surface area contributed by atoms with Crippen molar-refractivity contribution in [2.24, 2.45) is 0 Å². The van der Waals surface area contributed by atoms with Gasteiger partial charge in [-0.3, -0.25) is 9.13 Å². The molecule has 0 aliphatic carbocycles. The molecule has 2 aliphatic rings. The number of fused-ring (bicyclic) bond motifs is 2. The molecule has 1 aromatic carbocycles. The molecule has 4 aromatic rings. The molecule has 0 spiro atoms. The van der Waals surface area contributed by atoms with E-state index < -0.39 is 0 Å². The van der Waals surface area contributed by atoms with E-state index >= 15 is 0 Å². The lowest BCUT2D eigenvalue weighted by Crippen LogP contribution is -2.44. The topological polar surface area (TPSA) is 130 Å². The van der Waals surface area contributed by atoms with E-state index in [1.54, 1.807) is 27.6 Å². The number of anilines is 1. The number of hydrogen-bond donors (Lipinski definition) is 2. The van der Waals surface area contributed by atoms with Crippen LogP contribution in [0.15, 0.2) is 29.3 Å². The molecule has 168 valence electrons. The number of ether oxygens (including phenoxy) is 1. The zero-order valence-corrected chi connectivity index (χ0v) is 18.0. The van der Waals surface area contributed by atoms with Gasteiger partial charge in [-0.25, -0.2) is 9.78 Å². The fourth-order valence-corrected chi connectivity index (χ4v) is 4.71. The Labute approximate surface area is 188 Å². The lowest BCUT2D eigenvalue weighted by Gasteiger charge is -2.29. The van der Waals surface area contributed by atoms with Crippen LogP contribution < -0.4 is 15.9 Å². The Morgan fingerprint density at radius 1 is 1.15 bits per heavy atom. The highest BCUT2D eigenvalue weighted by Crippen LogP contribution is 2.29. The third kappa shape index (κ3) is 3.35. The summed E-state index contributed by atoms with van der Waals surface area (Å²) in [5, 5.41) is 12.7. The lowest BCUT2D eigenvalue weighted by molar-refractivity contribution is 0.0697.